The predicted octanol–water partition coefficient (Wildman–Crippen LogP) is 4.24. The third kappa shape index (κ3) is 6.98. The normalized spacial score (nSPS) is 18.3. The first kappa shape index (κ1) is 28.6. The molecule has 8 nitrogen and oxygen atoms in total. The van der Waals surface area contributed by atoms with Gasteiger partial charge in [0.05, 0.1) is 6.61 Å². The molecule has 0 fully saturated rings. The van der Waals surface area contributed by atoms with Crippen molar-refractivity contribution in [2.24, 2.45) is 4.99 Å². The van der Waals surface area contributed by atoms with Gasteiger partial charge in [-0.1, -0.05) is 46.3 Å². The van der Waals surface area contributed by atoms with E-state index in [4.69, 9.17) is 19.6 Å². The molecule has 1 aliphatic rings. The van der Waals surface area contributed by atoms with Gasteiger partial charge in [0.2, 0.25) is 5.90 Å². The Labute approximate surface area is 238 Å². The molecule has 0 aromatic heterocycles. The number of anilines is 1. The molecule has 1 amide bonds. The molecule has 1 aliphatic heterocycles. The fourth-order valence-corrected chi connectivity index (χ4v) is 4.75. The molecular formula is C30H35BrN4O4. The molecule has 206 valence electrons. The number of nitrogens with zero attached hydrogens (tertiary/aromatic N) is 2. The number of aliphatic imine (C=N–C) groups is 1. The minimum atomic E-state index is -1.18. The van der Waals surface area contributed by atoms with E-state index in [-0.39, 0.29) is 12.5 Å². The van der Waals surface area contributed by atoms with Gasteiger partial charge in [-0.15, -0.1) is 0 Å². The number of ether oxygens (including phenoxy) is 2. The first-order valence-corrected chi connectivity index (χ1v) is 13.8. The molecule has 3 N–H and O–H groups in total. The summed E-state index contributed by atoms with van der Waals surface area (Å²) in [7, 11) is 4.00. The van der Waals surface area contributed by atoms with Crippen LogP contribution >= 0.6 is 15.9 Å². The Balaban J connectivity index is 1.54. The second-order valence-corrected chi connectivity index (χ2v) is 10.5. The van der Waals surface area contributed by atoms with Gasteiger partial charge in [0.25, 0.3) is 5.91 Å². The number of hydrogen-bond acceptors (Lipinski definition) is 7. The third-order valence-electron chi connectivity index (χ3n) is 6.69. The van der Waals surface area contributed by atoms with Gasteiger partial charge in [-0.05, 0) is 60.5 Å². The highest BCUT2D eigenvalue weighted by molar-refractivity contribution is 9.10. The summed E-state index contributed by atoms with van der Waals surface area (Å²) < 4.78 is 12.7. The number of rotatable bonds is 12. The first-order chi connectivity index (χ1) is 18.8. The maximum absolute atomic E-state index is 13.8. The Bertz CT molecular complexity index is 1280. The second kappa shape index (κ2) is 13.1. The zero-order valence-corrected chi connectivity index (χ0v) is 24.1. The van der Waals surface area contributed by atoms with Gasteiger partial charge in [-0.3, -0.25) is 10.2 Å². The lowest BCUT2D eigenvalue weighted by atomic mass is 9.86. The number of hydrazine groups is 1. The topological polar surface area (TPSA) is 95.4 Å². The molecule has 0 saturated carbocycles. The Kier molecular flexibility index (Phi) is 9.61. The minimum absolute atomic E-state index is 0.0832. The van der Waals surface area contributed by atoms with Crippen LogP contribution in [0.15, 0.2) is 82.3 Å². The fourth-order valence-electron chi connectivity index (χ4n) is 4.32. The lowest BCUT2D eigenvalue weighted by molar-refractivity contribution is -0.129. The van der Waals surface area contributed by atoms with Crippen LogP contribution in [0.1, 0.15) is 30.0 Å². The van der Waals surface area contributed by atoms with Crippen LogP contribution in [-0.4, -0.2) is 55.9 Å². The van der Waals surface area contributed by atoms with E-state index in [0.717, 1.165) is 26.9 Å². The van der Waals surface area contributed by atoms with Crippen LogP contribution in [0.2, 0.25) is 0 Å². The quantitative estimate of drug-likeness (QED) is 0.214. The summed E-state index contributed by atoms with van der Waals surface area (Å²) in [6, 6.07) is 23.4. The minimum Gasteiger partial charge on any atom is -0.494 e. The molecule has 0 radical (unpaired) electrons. The van der Waals surface area contributed by atoms with Crippen molar-refractivity contribution in [2.75, 3.05) is 32.2 Å². The SMILES string of the molecule is C[C@@H]1OC(c2ccc(OCCCO)cc2)=N[C@]1(Cc1ccccc1Br)C(=O)NNCc1ccc(N(C)C)cc1. The van der Waals surface area contributed by atoms with Crippen LogP contribution in [0.3, 0.4) is 0 Å². The number of nitrogens with one attached hydrogen (secondary N) is 2. The summed E-state index contributed by atoms with van der Waals surface area (Å²) in [4.78, 5) is 20.7. The molecule has 0 aliphatic carbocycles. The number of benzene rings is 3. The average Bonchev–Trinajstić information content (AvgIpc) is 3.27. The molecule has 4 rings (SSSR count). The Morgan fingerprint density at radius 1 is 1.10 bits per heavy atom. The number of carbonyl (C=O) groups excluding carboxylic acids is 1. The van der Waals surface area contributed by atoms with Crippen molar-refractivity contribution in [1.29, 1.82) is 0 Å². The standard InChI is InChI=1S/C30H35BrN4O4/c1-21-30(19-24-7-4-5-8-27(24)31,29(37)34-32-20-22-9-13-25(14-10-22)35(2)3)33-28(39-21)23-11-15-26(16-12-23)38-18-6-17-36/h4-5,7-16,21,32,36H,6,17-20H2,1-3H3,(H,34,37)/t21-,30-/m0/s1. The van der Waals surface area contributed by atoms with E-state index in [2.05, 4.69) is 26.8 Å². The fraction of sp³-hybridized carbons (Fsp3) is 0.333. The molecule has 39 heavy (non-hydrogen) atoms. The summed E-state index contributed by atoms with van der Waals surface area (Å²) >= 11 is 3.62. The van der Waals surface area contributed by atoms with Crippen LogP contribution < -0.4 is 20.5 Å². The lowest BCUT2D eigenvalue weighted by Gasteiger charge is -2.28. The van der Waals surface area contributed by atoms with Crippen molar-refractivity contribution in [3.8, 4) is 5.75 Å². The zero-order chi connectivity index (χ0) is 27.8. The molecule has 0 saturated heterocycles. The number of hydrogen-bond donors (Lipinski definition) is 3. The van der Waals surface area contributed by atoms with E-state index in [0.29, 0.717) is 37.6 Å². The van der Waals surface area contributed by atoms with Crippen LogP contribution in [0.4, 0.5) is 5.69 Å². The third-order valence-corrected chi connectivity index (χ3v) is 7.47. The highest BCUT2D eigenvalue weighted by atomic mass is 79.9. The summed E-state index contributed by atoms with van der Waals surface area (Å²) in [6.07, 6.45) is 0.408. The van der Waals surface area contributed by atoms with Gasteiger partial charge >= 0.3 is 0 Å². The van der Waals surface area contributed by atoms with Crippen molar-refractivity contribution >= 4 is 33.4 Å². The molecule has 1 heterocycles. The van der Waals surface area contributed by atoms with Crippen LogP contribution in [0.25, 0.3) is 0 Å². The number of halogens is 1. The molecule has 3 aromatic rings. The highest BCUT2D eigenvalue weighted by Crippen LogP contribution is 2.34. The molecule has 2 atom stereocenters. The molecular weight excluding hydrogens is 560 g/mol. The maximum atomic E-state index is 13.8. The van der Waals surface area contributed by atoms with Gasteiger partial charge in [0.1, 0.15) is 11.9 Å². The van der Waals surface area contributed by atoms with Crippen molar-refractivity contribution < 1.29 is 19.4 Å². The van der Waals surface area contributed by atoms with Crippen molar-refractivity contribution in [3.05, 3.63) is 94.0 Å². The number of aliphatic hydroxyl groups is 1. The van der Waals surface area contributed by atoms with E-state index in [1.54, 1.807) is 0 Å². The second-order valence-electron chi connectivity index (χ2n) is 9.69. The molecule has 0 unspecified atom stereocenters. The molecule has 0 bridgehead atoms. The van der Waals surface area contributed by atoms with Gasteiger partial charge in [0, 0.05) is 55.8 Å². The summed E-state index contributed by atoms with van der Waals surface area (Å²) in [5.41, 5.74) is 8.65. The van der Waals surface area contributed by atoms with Crippen LogP contribution in [-0.2, 0) is 22.5 Å². The van der Waals surface area contributed by atoms with Crippen molar-refractivity contribution in [1.82, 2.24) is 10.9 Å². The number of amides is 1. The van der Waals surface area contributed by atoms with E-state index >= 15 is 0 Å². The summed E-state index contributed by atoms with van der Waals surface area (Å²) in [5, 5.41) is 8.96. The van der Waals surface area contributed by atoms with E-state index < -0.39 is 11.6 Å². The lowest BCUT2D eigenvalue weighted by Crippen LogP contribution is -2.55. The molecule has 3 aromatic carbocycles. The highest BCUT2D eigenvalue weighted by Gasteiger charge is 2.50. The molecule has 0 spiro atoms. The van der Waals surface area contributed by atoms with E-state index in [9.17, 15) is 4.79 Å². The van der Waals surface area contributed by atoms with Crippen molar-refractivity contribution in [2.45, 2.75) is 38.0 Å². The Hall–Kier alpha value is -3.40. The van der Waals surface area contributed by atoms with Crippen LogP contribution in [0, 0.1) is 0 Å². The predicted molar refractivity (Wildman–Crippen MR) is 157 cm³/mol. The average molecular weight is 596 g/mol. The largest absolute Gasteiger partial charge is 0.494 e. The monoisotopic (exact) mass is 594 g/mol. The van der Waals surface area contributed by atoms with Gasteiger partial charge in [-0.25, -0.2) is 10.4 Å². The molecule has 9 heteroatoms. The Morgan fingerprint density at radius 3 is 2.49 bits per heavy atom. The van der Waals surface area contributed by atoms with Gasteiger partial charge in [0.15, 0.2) is 5.54 Å². The Morgan fingerprint density at radius 2 is 1.82 bits per heavy atom. The summed E-state index contributed by atoms with van der Waals surface area (Å²) in [5.74, 6) is 0.833. The first-order valence-electron chi connectivity index (χ1n) is 13.0. The van der Waals surface area contributed by atoms with Gasteiger partial charge < -0.3 is 19.5 Å². The smallest absolute Gasteiger partial charge is 0.266 e. The maximum Gasteiger partial charge on any atom is 0.266 e. The van der Waals surface area contributed by atoms with Gasteiger partial charge in [-0.2, -0.15) is 0 Å². The number of aliphatic hydroxyl groups excluding tert-OH is 1. The van der Waals surface area contributed by atoms with Crippen molar-refractivity contribution in [3.63, 3.8) is 0 Å². The number of carbonyl (C=O) groups is 1. The zero-order valence-electron chi connectivity index (χ0n) is 22.5. The van der Waals surface area contributed by atoms with Crippen LogP contribution in [0.5, 0.6) is 5.75 Å². The van der Waals surface area contributed by atoms with E-state index in [1.165, 1.54) is 0 Å². The summed E-state index contributed by atoms with van der Waals surface area (Å²) in [6.45, 7) is 2.86. The van der Waals surface area contributed by atoms with E-state index in [1.807, 2.05) is 98.7 Å².